The Morgan fingerprint density at radius 3 is 2.89 bits per heavy atom. The van der Waals surface area contributed by atoms with E-state index in [1.807, 2.05) is 14.0 Å². The van der Waals surface area contributed by atoms with Crippen LogP contribution in [0.5, 0.6) is 0 Å². The molecule has 1 unspecified atom stereocenters. The average molecular weight is 393 g/mol. The lowest BCUT2D eigenvalue weighted by Crippen LogP contribution is -2.35. The van der Waals surface area contributed by atoms with Crippen molar-refractivity contribution in [1.82, 2.24) is 14.7 Å². The number of nitrogens with one attached hydrogen (secondary N) is 1. The molecule has 1 aromatic carbocycles. The zero-order valence-corrected chi connectivity index (χ0v) is 16.6. The topological polar surface area (TPSA) is 50.2 Å². The van der Waals surface area contributed by atoms with Crippen molar-refractivity contribution < 1.29 is 9.18 Å². The van der Waals surface area contributed by atoms with Crippen molar-refractivity contribution in [1.29, 1.82) is 0 Å². The predicted octanol–water partition coefficient (Wildman–Crippen LogP) is 4.15. The molecule has 2 aromatic rings. The molecule has 1 aliphatic rings. The molecule has 0 bridgehead atoms. The summed E-state index contributed by atoms with van der Waals surface area (Å²) < 4.78 is 15.3. The Kier molecular flexibility index (Phi) is 6.50. The van der Waals surface area contributed by atoms with Gasteiger partial charge in [0.2, 0.25) is 5.91 Å². The third-order valence-electron chi connectivity index (χ3n) is 5.18. The third kappa shape index (κ3) is 5.08. The number of nitrogens with zero attached hydrogens (tertiary/aromatic N) is 3. The Morgan fingerprint density at radius 1 is 1.41 bits per heavy atom. The van der Waals surface area contributed by atoms with Gasteiger partial charge in [0.25, 0.3) is 0 Å². The molecule has 5 nitrogen and oxygen atoms in total. The summed E-state index contributed by atoms with van der Waals surface area (Å²) in [5, 5.41) is 7.73. The molecule has 1 aliphatic heterocycles. The molecular formula is C20H26ClFN4O. The maximum atomic E-state index is 13.6. The minimum absolute atomic E-state index is 0.136. The first-order chi connectivity index (χ1) is 12.9. The Balaban J connectivity index is 1.49. The van der Waals surface area contributed by atoms with Gasteiger partial charge in [-0.1, -0.05) is 23.7 Å². The summed E-state index contributed by atoms with van der Waals surface area (Å²) in [5.74, 6) is -0.0809. The van der Waals surface area contributed by atoms with Crippen LogP contribution < -0.4 is 5.32 Å². The van der Waals surface area contributed by atoms with Crippen molar-refractivity contribution in [2.24, 2.45) is 13.0 Å². The number of piperidine rings is 1. The summed E-state index contributed by atoms with van der Waals surface area (Å²) in [6.07, 6.45) is 3.43. The normalized spacial score (nSPS) is 17.9. The van der Waals surface area contributed by atoms with Gasteiger partial charge in [-0.25, -0.2) is 4.39 Å². The van der Waals surface area contributed by atoms with E-state index in [0.29, 0.717) is 17.5 Å². The van der Waals surface area contributed by atoms with Crippen LogP contribution in [-0.2, 0) is 18.4 Å². The number of hydrogen-bond donors (Lipinski definition) is 1. The van der Waals surface area contributed by atoms with Crippen molar-refractivity contribution in [3.63, 3.8) is 0 Å². The van der Waals surface area contributed by atoms with E-state index in [1.54, 1.807) is 22.9 Å². The first-order valence-corrected chi connectivity index (χ1v) is 9.76. The van der Waals surface area contributed by atoms with E-state index in [4.69, 9.17) is 11.6 Å². The fourth-order valence-electron chi connectivity index (χ4n) is 3.72. The minimum Gasteiger partial charge on any atom is -0.324 e. The van der Waals surface area contributed by atoms with Gasteiger partial charge in [-0.2, -0.15) is 5.10 Å². The molecule has 1 N–H and O–H groups in total. The molecule has 1 amide bonds. The second-order valence-corrected chi connectivity index (χ2v) is 7.65. The standard InChI is InChI=1S/C20H26ClFN4O/c1-14-16(20(21)25(2)24-14)13-26-11-5-6-15(12-26)9-10-19(27)23-18-8-4-3-7-17(18)22/h3-4,7-8,15H,5-6,9-13H2,1-2H3,(H,23,27). The van der Waals surface area contributed by atoms with E-state index in [9.17, 15) is 9.18 Å². The molecule has 1 saturated heterocycles. The molecule has 7 heteroatoms. The van der Waals surface area contributed by atoms with Crippen LogP contribution in [0.4, 0.5) is 10.1 Å². The third-order valence-corrected chi connectivity index (χ3v) is 5.66. The van der Waals surface area contributed by atoms with Gasteiger partial charge in [0.05, 0.1) is 11.4 Å². The maximum absolute atomic E-state index is 13.6. The molecule has 146 valence electrons. The van der Waals surface area contributed by atoms with Crippen molar-refractivity contribution >= 4 is 23.2 Å². The van der Waals surface area contributed by atoms with E-state index < -0.39 is 5.82 Å². The van der Waals surface area contributed by atoms with Gasteiger partial charge in [-0.15, -0.1) is 0 Å². The molecule has 3 rings (SSSR count). The van der Waals surface area contributed by atoms with Crippen LogP contribution in [0.3, 0.4) is 0 Å². The predicted molar refractivity (Wildman–Crippen MR) is 105 cm³/mol. The quantitative estimate of drug-likeness (QED) is 0.803. The Hall–Kier alpha value is -1.92. The average Bonchev–Trinajstić information content (AvgIpc) is 2.88. The number of halogens is 2. The van der Waals surface area contributed by atoms with Crippen LogP contribution in [0, 0.1) is 18.7 Å². The van der Waals surface area contributed by atoms with Gasteiger partial charge in [-0.3, -0.25) is 14.4 Å². The molecule has 27 heavy (non-hydrogen) atoms. The van der Waals surface area contributed by atoms with Crippen molar-refractivity contribution in [3.05, 3.63) is 46.5 Å². The van der Waals surface area contributed by atoms with Gasteiger partial charge in [0, 0.05) is 32.1 Å². The SMILES string of the molecule is Cc1nn(C)c(Cl)c1CN1CCCC(CCC(=O)Nc2ccccc2F)C1. The van der Waals surface area contributed by atoms with Gasteiger partial charge >= 0.3 is 0 Å². The van der Waals surface area contributed by atoms with Gasteiger partial charge in [0.1, 0.15) is 11.0 Å². The molecule has 1 fully saturated rings. The second-order valence-electron chi connectivity index (χ2n) is 7.29. The lowest BCUT2D eigenvalue weighted by atomic mass is 9.93. The number of likely N-dealkylation sites (tertiary alicyclic amines) is 1. The summed E-state index contributed by atoms with van der Waals surface area (Å²) in [7, 11) is 1.85. The summed E-state index contributed by atoms with van der Waals surface area (Å²) in [6, 6.07) is 6.25. The number of rotatable bonds is 6. The highest BCUT2D eigenvalue weighted by molar-refractivity contribution is 6.30. The number of aromatic nitrogens is 2. The number of amides is 1. The van der Waals surface area contributed by atoms with E-state index in [1.165, 1.54) is 6.07 Å². The zero-order chi connectivity index (χ0) is 19.4. The second kappa shape index (κ2) is 8.85. The Morgan fingerprint density at radius 2 is 2.19 bits per heavy atom. The van der Waals surface area contributed by atoms with Crippen molar-refractivity contribution in [2.45, 2.75) is 39.2 Å². The minimum atomic E-state index is -0.404. The number of benzene rings is 1. The van der Waals surface area contributed by atoms with Gasteiger partial charge in [-0.05, 0) is 50.8 Å². The lowest BCUT2D eigenvalue weighted by Gasteiger charge is -2.32. The van der Waals surface area contributed by atoms with Crippen LogP contribution in [0.2, 0.25) is 5.15 Å². The highest BCUT2D eigenvalue weighted by atomic mass is 35.5. The summed E-state index contributed by atoms with van der Waals surface area (Å²) in [5.41, 5.74) is 2.29. The van der Waals surface area contributed by atoms with Crippen LogP contribution >= 0.6 is 11.6 Å². The zero-order valence-electron chi connectivity index (χ0n) is 15.8. The number of anilines is 1. The lowest BCUT2D eigenvalue weighted by molar-refractivity contribution is -0.116. The molecule has 0 aliphatic carbocycles. The van der Waals surface area contributed by atoms with Crippen LogP contribution in [0.1, 0.15) is 36.9 Å². The van der Waals surface area contributed by atoms with Crippen LogP contribution in [-0.4, -0.2) is 33.7 Å². The van der Waals surface area contributed by atoms with Crippen LogP contribution in [0.15, 0.2) is 24.3 Å². The summed E-state index contributed by atoms with van der Waals surface area (Å²) in [4.78, 5) is 14.5. The van der Waals surface area contributed by atoms with Gasteiger partial charge < -0.3 is 5.32 Å². The number of aryl methyl sites for hydroxylation is 2. The van der Waals surface area contributed by atoms with E-state index in [-0.39, 0.29) is 11.6 Å². The van der Waals surface area contributed by atoms with Crippen molar-refractivity contribution in [3.8, 4) is 0 Å². The van der Waals surface area contributed by atoms with E-state index in [0.717, 1.165) is 50.2 Å². The largest absolute Gasteiger partial charge is 0.324 e. The summed E-state index contributed by atoms with van der Waals surface area (Å²) in [6.45, 7) is 4.74. The van der Waals surface area contributed by atoms with Gasteiger partial charge in [0.15, 0.2) is 0 Å². The summed E-state index contributed by atoms with van der Waals surface area (Å²) >= 11 is 6.35. The molecule has 2 heterocycles. The molecule has 0 spiro atoms. The molecule has 1 aromatic heterocycles. The van der Waals surface area contributed by atoms with E-state index >= 15 is 0 Å². The Bertz CT molecular complexity index is 807. The van der Waals surface area contributed by atoms with E-state index in [2.05, 4.69) is 15.3 Å². The first kappa shape index (κ1) is 19.8. The van der Waals surface area contributed by atoms with Crippen LogP contribution in [0.25, 0.3) is 0 Å². The smallest absolute Gasteiger partial charge is 0.224 e. The van der Waals surface area contributed by atoms with Crippen molar-refractivity contribution in [2.75, 3.05) is 18.4 Å². The molecule has 1 atom stereocenters. The first-order valence-electron chi connectivity index (χ1n) is 9.38. The Labute approximate surface area is 164 Å². The highest BCUT2D eigenvalue weighted by Gasteiger charge is 2.23. The maximum Gasteiger partial charge on any atom is 0.224 e. The number of carbonyl (C=O) groups is 1. The highest BCUT2D eigenvalue weighted by Crippen LogP contribution is 2.26. The number of para-hydroxylation sites is 1. The number of carbonyl (C=O) groups excluding carboxylic acids is 1. The fourth-order valence-corrected chi connectivity index (χ4v) is 3.95. The number of hydrogen-bond acceptors (Lipinski definition) is 3. The molecule has 0 radical (unpaired) electrons. The molecule has 0 saturated carbocycles. The fraction of sp³-hybridized carbons (Fsp3) is 0.500. The monoisotopic (exact) mass is 392 g/mol. The molecular weight excluding hydrogens is 367 g/mol.